The monoisotopic (exact) mass is 1100 g/mol. The highest BCUT2D eigenvalue weighted by molar-refractivity contribution is 6.02. The van der Waals surface area contributed by atoms with Crippen molar-refractivity contribution in [1.29, 1.82) is 0 Å². The lowest BCUT2D eigenvalue weighted by atomic mass is 9.77. The topological polar surface area (TPSA) is 57.4 Å². The molecule has 10 aliphatic rings. The largest absolute Gasteiger partial charge is 0.354 e. The van der Waals surface area contributed by atoms with Crippen LogP contribution in [-0.2, 0) is 21.7 Å². The number of benzene rings is 4. The van der Waals surface area contributed by atoms with Crippen LogP contribution in [0.5, 0.6) is 0 Å². The van der Waals surface area contributed by atoms with Crippen molar-refractivity contribution >= 4 is 46.4 Å². The van der Waals surface area contributed by atoms with Crippen LogP contribution in [0.15, 0.2) is 72.8 Å². The summed E-state index contributed by atoms with van der Waals surface area (Å²) in [6.07, 6.45) is 25.2. The first-order valence-electron chi connectivity index (χ1n) is 33.0. The van der Waals surface area contributed by atoms with Crippen LogP contribution in [0.25, 0.3) is 90.9 Å². The van der Waals surface area contributed by atoms with Gasteiger partial charge in [-0.3, -0.25) is 0 Å². The highest BCUT2D eigenvalue weighted by atomic mass is 14.8. The van der Waals surface area contributed by atoms with E-state index in [9.17, 15) is 0 Å². The van der Waals surface area contributed by atoms with Gasteiger partial charge in [0.25, 0.3) is 0 Å². The summed E-state index contributed by atoms with van der Waals surface area (Å²) in [6, 6.07) is 30.1. The van der Waals surface area contributed by atoms with Gasteiger partial charge in [0, 0.05) is 44.3 Å². The number of hydrogen-bond acceptors (Lipinski definition) is 2. The molecule has 3 aromatic heterocycles. The molecule has 4 heteroatoms. The number of aromatic nitrogens is 4. The summed E-state index contributed by atoms with van der Waals surface area (Å²) in [5.74, 6) is 4.98. The highest BCUT2D eigenvalue weighted by Gasteiger charge is 2.48. The molecule has 0 spiro atoms. The Balaban J connectivity index is 1.06. The van der Waals surface area contributed by atoms with E-state index in [0.29, 0.717) is 47.3 Å². The van der Waals surface area contributed by atoms with Crippen molar-refractivity contribution in [3.8, 4) is 44.5 Å². The van der Waals surface area contributed by atoms with Crippen molar-refractivity contribution in [1.82, 2.24) is 19.9 Å². The molecule has 0 radical (unpaired) electrons. The summed E-state index contributed by atoms with van der Waals surface area (Å²) >= 11 is 0. The van der Waals surface area contributed by atoms with E-state index in [0.717, 1.165) is 44.8 Å². The Kier molecular flexibility index (Phi) is 10.8. The van der Waals surface area contributed by atoms with Crippen LogP contribution in [0.4, 0.5) is 0 Å². The lowest BCUT2D eigenvalue weighted by Crippen LogP contribution is -2.16. The lowest BCUT2D eigenvalue weighted by molar-refractivity contribution is 0.568. The fourth-order valence-electron chi connectivity index (χ4n) is 18.9. The molecule has 0 unspecified atom stereocenters. The summed E-state index contributed by atoms with van der Waals surface area (Å²) in [5.41, 5.74) is 37.6. The van der Waals surface area contributed by atoms with Crippen molar-refractivity contribution in [2.75, 3.05) is 0 Å². The van der Waals surface area contributed by atoms with Gasteiger partial charge in [0.1, 0.15) is 0 Å². The van der Waals surface area contributed by atoms with Gasteiger partial charge in [-0.25, -0.2) is 9.97 Å². The molecule has 8 atom stereocenters. The molecule has 84 heavy (non-hydrogen) atoms. The normalized spacial score (nSPS) is 24.7. The van der Waals surface area contributed by atoms with Gasteiger partial charge in [0.05, 0.1) is 22.8 Å². The Hall–Kier alpha value is -6.52. The first-order valence-corrected chi connectivity index (χ1v) is 33.0. The Labute approximate surface area is 499 Å². The van der Waals surface area contributed by atoms with Crippen LogP contribution < -0.4 is 0 Å². The second kappa shape index (κ2) is 17.6. The van der Waals surface area contributed by atoms with Gasteiger partial charge in [0.15, 0.2) is 0 Å². The predicted molar refractivity (Wildman–Crippen MR) is 353 cm³/mol. The summed E-state index contributed by atoms with van der Waals surface area (Å²) in [7, 11) is 0. The van der Waals surface area contributed by atoms with Crippen molar-refractivity contribution in [2.45, 2.75) is 229 Å². The van der Waals surface area contributed by atoms with Gasteiger partial charge >= 0.3 is 0 Å². The average molecular weight is 1100 g/mol. The Morgan fingerprint density at radius 1 is 0.298 bits per heavy atom. The molecule has 4 saturated carbocycles. The zero-order valence-electron chi connectivity index (χ0n) is 52.2. The second-order valence-electron chi connectivity index (χ2n) is 32.4. The van der Waals surface area contributed by atoms with Gasteiger partial charge in [0.2, 0.25) is 0 Å². The first kappa shape index (κ1) is 51.9. The van der Waals surface area contributed by atoms with Crippen molar-refractivity contribution in [2.24, 2.45) is 0 Å². The van der Waals surface area contributed by atoms with E-state index in [1.165, 1.54) is 144 Å². The fourth-order valence-corrected chi connectivity index (χ4v) is 18.9. The van der Waals surface area contributed by atoms with Crippen LogP contribution >= 0.6 is 0 Å². The minimum absolute atomic E-state index is 0.0628. The minimum Gasteiger partial charge on any atom is -0.354 e. The maximum atomic E-state index is 6.13. The Bertz CT molecular complexity index is 3870. The van der Waals surface area contributed by atoms with Gasteiger partial charge in [-0.2, -0.15) is 0 Å². The van der Waals surface area contributed by atoms with E-state index in [1.807, 2.05) is 0 Å². The van der Waals surface area contributed by atoms with Gasteiger partial charge in [-0.05, 0) is 284 Å². The van der Waals surface area contributed by atoms with E-state index in [1.54, 1.807) is 44.5 Å². The van der Waals surface area contributed by atoms with E-state index >= 15 is 0 Å². The quantitative estimate of drug-likeness (QED) is 0.185. The van der Waals surface area contributed by atoms with Crippen LogP contribution in [0.2, 0.25) is 0 Å². The lowest BCUT2D eigenvalue weighted by Gasteiger charge is -2.28. The molecular weight excluding hydrogens is 1020 g/mol. The molecule has 4 fully saturated rings. The number of nitrogens with zero attached hydrogens (tertiary/aromatic N) is 2. The zero-order valence-corrected chi connectivity index (χ0v) is 52.2. The molecule has 0 saturated heterocycles. The zero-order chi connectivity index (χ0) is 57.4. The number of H-pyrrole nitrogens is 2. The summed E-state index contributed by atoms with van der Waals surface area (Å²) in [5, 5.41) is 0. The average Bonchev–Trinajstić information content (AvgIpc) is 2.15. The SMILES string of the molecule is CC(C)(C)c1cc(-c2c3nc(c(-c4c5c(cc6c4[C@H]4CC[C@@H]6C4)[C@@H]4CC[C@H]5C4)c4ccc([nH]4)c(-c4cc(C(C)(C)C)cc(C(C)(C)C)c4)c4nc(c(-c5c6c(cc7c5[C@H]5CC[C@@H]7C5)[C@@H]5CC[C@H]6C5)c5ccc2[nH]5)C=C4)C=C3)cc(C(C)(C)C)c1. The summed E-state index contributed by atoms with van der Waals surface area (Å²) in [6.45, 7) is 28.5. The number of fused-ring (bicyclic) bond motifs is 28. The molecule has 16 bridgehead atoms. The van der Waals surface area contributed by atoms with E-state index in [4.69, 9.17) is 9.97 Å². The van der Waals surface area contributed by atoms with Crippen LogP contribution in [0.3, 0.4) is 0 Å². The third-order valence-corrected chi connectivity index (χ3v) is 23.2. The van der Waals surface area contributed by atoms with E-state index in [-0.39, 0.29) is 21.7 Å². The molecule has 4 aromatic carbocycles. The molecule has 4 nitrogen and oxygen atoms in total. The number of rotatable bonds is 4. The van der Waals surface area contributed by atoms with Crippen LogP contribution in [0, 0.1) is 0 Å². The molecule has 2 N–H and O–H groups in total. The fraction of sp³-hybridized carbons (Fsp3) is 0.450. The third-order valence-electron chi connectivity index (χ3n) is 23.2. The molecule has 426 valence electrons. The van der Waals surface area contributed by atoms with Crippen LogP contribution in [0.1, 0.15) is 297 Å². The Morgan fingerprint density at radius 2 is 0.548 bits per heavy atom. The molecule has 7 aromatic rings. The number of nitrogens with one attached hydrogen (secondary N) is 2. The molecule has 8 aliphatic carbocycles. The maximum absolute atomic E-state index is 6.13. The number of aromatic amines is 2. The maximum Gasteiger partial charge on any atom is 0.0737 e. The van der Waals surface area contributed by atoms with Crippen molar-refractivity contribution in [3.05, 3.63) is 162 Å². The molecule has 2 aliphatic heterocycles. The number of hydrogen-bond donors (Lipinski definition) is 2. The molecular formula is C80H86N4. The predicted octanol–water partition coefficient (Wildman–Crippen LogP) is 22.0. The highest BCUT2D eigenvalue weighted by Crippen LogP contribution is 2.66. The second-order valence-corrected chi connectivity index (χ2v) is 32.4. The van der Waals surface area contributed by atoms with Crippen molar-refractivity contribution in [3.63, 3.8) is 0 Å². The third kappa shape index (κ3) is 7.68. The Morgan fingerprint density at radius 3 is 0.821 bits per heavy atom. The van der Waals surface area contributed by atoms with Gasteiger partial charge in [-0.15, -0.1) is 0 Å². The summed E-state index contributed by atoms with van der Waals surface area (Å²) < 4.78 is 0. The molecule has 0 amide bonds. The summed E-state index contributed by atoms with van der Waals surface area (Å²) in [4.78, 5) is 20.9. The van der Waals surface area contributed by atoms with E-state index in [2.05, 4.69) is 190 Å². The van der Waals surface area contributed by atoms with Gasteiger partial charge in [-0.1, -0.05) is 132 Å². The van der Waals surface area contributed by atoms with Gasteiger partial charge < -0.3 is 9.97 Å². The van der Waals surface area contributed by atoms with E-state index < -0.39 is 0 Å². The molecule has 17 rings (SSSR count). The minimum atomic E-state index is -0.0628. The first-order chi connectivity index (χ1) is 40.1. The van der Waals surface area contributed by atoms with Crippen LogP contribution in [-0.4, -0.2) is 19.9 Å². The smallest absolute Gasteiger partial charge is 0.0737 e. The standard InChI is InChI=1S/C80H86N4/c1-77(2,3)51-33-49(34-52(37-51)78(4,5)6)71-59-21-25-63(81-59)73(75-67-45-17-13-41(29-45)55(67)39-56-42-14-18-46(30-42)68(56)75)65-27-23-61(83-65)72(50-35-53(79(7,8)9)38-54(36-50)80(10,11)12)62-24-28-66(84-62)74(64-26-22-60(71)82-64)76-69-47-19-15-43(31-47)57(69)40-58-44-16-20-48(32-44)70(58)76/h21-28,33-48,81,84H,13-20,29-32H2,1-12H3/t41-,42-,43-,44-,45+,46+,47+,48+/m1/s1. The molecule has 5 heterocycles. The van der Waals surface area contributed by atoms with Crippen molar-refractivity contribution < 1.29 is 0 Å².